The summed E-state index contributed by atoms with van der Waals surface area (Å²) in [6.07, 6.45) is -1.06. The first-order chi connectivity index (χ1) is 10.6. The summed E-state index contributed by atoms with van der Waals surface area (Å²) in [5.41, 5.74) is 5.58. The Balaban J connectivity index is 1.95. The number of esters is 1. The molecule has 6 heteroatoms. The number of primary amides is 1. The van der Waals surface area contributed by atoms with Crippen LogP contribution in [0.5, 0.6) is 5.75 Å². The molecule has 0 bridgehead atoms. The van der Waals surface area contributed by atoms with Crippen LogP contribution in [0.1, 0.15) is 10.4 Å². The molecule has 2 aromatic carbocycles. The van der Waals surface area contributed by atoms with Gasteiger partial charge in [0.05, 0.1) is 5.56 Å². The van der Waals surface area contributed by atoms with Crippen molar-refractivity contribution >= 4 is 23.5 Å². The fraction of sp³-hybridized carbons (Fsp3) is 0.125. The molecule has 0 saturated carbocycles. The van der Waals surface area contributed by atoms with Crippen LogP contribution in [0.4, 0.5) is 0 Å². The number of carbonyl (C=O) groups is 2. The van der Waals surface area contributed by atoms with Crippen LogP contribution in [0.25, 0.3) is 0 Å². The summed E-state index contributed by atoms with van der Waals surface area (Å²) >= 11 is 5.74. The molecule has 1 amide bonds. The number of ether oxygens (including phenoxy) is 2. The number of hydrogen-bond donors (Lipinski definition) is 1. The fourth-order valence-electron chi connectivity index (χ4n) is 1.66. The zero-order valence-corrected chi connectivity index (χ0v) is 12.3. The zero-order chi connectivity index (χ0) is 15.9. The highest BCUT2D eigenvalue weighted by atomic mass is 35.5. The Morgan fingerprint density at radius 3 is 2.27 bits per heavy atom. The highest BCUT2D eigenvalue weighted by Crippen LogP contribution is 2.13. The second-order valence-corrected chi connectivity index (χ2v) is 4.86. The van der Waals surface area contributed by atoms with E-state index in [2.05, 4.69) is 0 Å². The predicted molar refractivity (Wildman–Crippen MR) is 81.8 cm³/mol. The van der Waals surface area contributed by atoms with Crippen LogP contribution >= 0.6 is 11.6 Å². The summed E-state index contributed by atoms with van der Waals surface area (Å²) in [7, 11) is 0. The third-order valence-corrected chi connectivity index (χ3v) is 3.04. The van der Waals surface area contributed by atoms with Crippen LogP contribution in [-0.4, -0.2) is 24.6 Å². The van der Waals surface area contributed by atoms with Gasteiger partial charge in [-0.15, -0.1) is 0 Å². The molecule has 1 atom stereocenters. The van der Waals surface area contributed by atoms with Gasteiger partial charge in [-0.1, -0.05) is 29.8 Å². The second-order valence-electron chi connectivity index (χ2n) is 4.43. The summed E-state index contributed by atoms with van der Waals surface area (Å²) < 4.78 is 10.5. The first-order valence-electron chi connectivity index (χ1n) is 6.50. The third-order valence-electron chi connectivity index (χ3n) is 2.78. The average Bonchev–Trinajstić information content (AvgIpc) is 2.52. The van der Waals surface area contributed by atoms with E-state index in [-0.39, 0.29) is 6.61 Å². The van der Waals surface area contributed by atoms with Crippen LogP contribution in [0.2, 0.25) is 5.02 Å². The van der Waals surface area contributed by atoms with E-state index in [0.29, 0.717) is 16.3 Å². The topological polar surface area (TPSA) is 78.6 Å². The van der Waals surface area contributed by atoms with Gasteiger partial charge in [-0.05, 0) is 36.4 Å². The van der Waals surface area contributed by atoms with Crippen LogP contribution in [0.15, 0.2) is 54.6 Å². The molecule has 2 N–H and O–H groups in total. The molecule has 0 aromatic heterocycles. The predicted octanol–water partition coefficient (Wildman–Crippen LogP) is 2.43. The van der Waals surface area contributed by atoms with Crippen molar-refractivity contribution in [2.24, 2.45) is 5.73 Å². The van der Waals surface area contributed by atoms with E-state index in [1.54, 1.807) is 36.4 Å². The number of halogens is 1. The lowest BCUT2D eigenvalue weighted by Crippen LogP contribution is -2.38. The van der Waals surface area contributed by atoms with Gasteiger partial charge in [-0.3, -0.25) is 4.79 Å². The van der Waals surface area contributed by atoms with Crippen molar-refractivity contribution in [3.8, 4) is 5.75 Å². The Kier molecular flexibility index (Phi) is 5.38. The number of benzene rings is 2. The summed E-state index contributed by atoms with van der Waals surface area (Å²) in [5, 5.41) is 0.513. The molecule has 0 spiro atoms. The fourth-order valence-corrected chi connectivity index (χ4v) is 1.78. The lowest BCUT2D eigenvalue weighted by Gasteiger charge is -2.16. The number of hydrogen-bond acceptors (Lipinski definition) is 4. The quantitative estimate of drug-likeness (QED) is 0.829. The minimum atomic E-state index is -1.06. The molecule has 5 nitrogen and oxygen atoms in total. The van der Waals surface area contributed by atoms with Gasteiger partial charge in [-0.25, -0.2) is 4.79 Å². The molecule has 1 unspecified atom stereocenters. The van der Waals surface area contributed by atoms with Gasteiger partial charge in [0.25, 0.3) is 5.91 Å². The lowest BCUT2D eigenvalue weighted by atomic mass is 10.2. The van der Waals surface area contributed by atoms with Crippen molar-refractivity contribution in [2.45, 2.75) is 6.10 Å². The van der Waals surface area contributed by atoms with Gasteiger partial charge in [-0.2, -0.15) is 0 Å². The van der Waals surface area contributed by atoms with E-state index in [9.17, 15) is 9.59 Å². The number of amides is 1. The molecule has 0 aliphatic heterocycles. The third kappa shape index (κ3) is 4.49. The molecule has 2 rings (SSSR count). The van der Waals surface area contributed by atoms with Crippen molar-refractivity contribution in [3.63, 3.8) is 0 Å². The van der Waals surface area contributed by atoms with Crippen LogP contribution in [0, 0.1) is 0 Å². The number of para-hydroxylation sites is 1. The monoisotopic (exact) mass is 319 g/mol. The largest absolute Gasteiger partial charge is 0.477 e. The lowest BCUT2D eigenvalue weighted by molar-refractivity contribution is -0.126. The molecule has 0 radical (unpaired) electrons. The van der Waals surface area contributed by atoms with Crippen molar-refractivity contribution < 1.29 is 19.1 Å². The van der Waals surface area contributed by atoms with E-state index in [1.807, 2.05) is 6.07 Å². The van der Waals surface area contributed by atoms with Crippen LogP contribution in [0.3, 0.4) is 0 Å². The van der Waals surface area contributed by atoms with Gasteiger partial charge in [0.2, 0.25) is 6.10 Å². The summed E-state index contributed by atoms with van der Waals surface area (Å²) in [4.78, 5) is 23.2. The SMILES string of the molecule is NC(=O)C(COC(=O)c1ccc(Cl)cc1)Oc1ccccc1. The molecule has 0 heterocycles. The second kappa shape index (κ2) is 7.47. The van der Waals surface area contributed by atoms with Crippen molar-refractivity contribution in [1.29, 1.82) is 0 Å². The van der Waals surface area contributed by atoms with E-state index in [0.717, 1.165) is 0 Å². The highest BCUT2D eigenvalue weighted by Gasteiger charge is 2.20. The number of carbonyl (C=O) groups excluding carboxylic acids is 2. The molecule has 114 valence electrons. The number of rotatable bonds is 6. The Hall–Kier alpha value is -2.53. The normalized spacial score (nSPS) is 11.5. The molecule has 0 saturated heterocycles. The summed E-state index contributed by atoms with van der Waals surface area (Å²) in [6, 6.07) is 14.9. The molecule has 0 aliphatic rings. The molecule has 0 fully saturated rings. The van der Waals surface area contributed by atoms with Gasteiger partial charge in [0.1, 0.15) is 12.4 Å². The standard InChI is InChI=1S/C16H14ClNO4/c17-12-8-6-11(7-9-12)16(20)21-10-14(15(18)19)22-13-4-2-1-3-5-13/h1-9,14H,10H2,(H2,18,19). The Morgan fingerprint density at radius 1 is 1.05 bits per heavy atom. The molecule has 22 heavy (non-hydrogen) atoms. The van der Waals surface area contributed by atoms with E-state index in [1.165, 1.54) is 12.1 Å². The Labute approximate surface area is 132 Å². The van der Waals surface area contributed by atoms with Crippen LogP contribution < -0.4 is 10.5 Å². The average molecular weight is 320 g/mol. The maximum atomic E-state index is 11.9. The molecule has 0 aliphatic carbocycles. The summed E-state index contributed by atoms with van der Waals surface area (Å²) in [5.74, 6) is -0.832. The first kappa shape index (κ1) is 15.9. The van der Waals surface area contributed by atoms with E-state index in [4.69, 9.17) is 26.8 Å². The first-order valence-corrected chi connectivity index (χ1v) is 6.88. The molecule has 2 aromatic rings. The number of nitrogens with two attached hydrogens (primary N) is 1. The highest BCUT2D eigenvalue weighted by molar-refractivity contribution is 6.30. The van der Waals surface area contributed by atoms with Gasteiger partial charge >= 0.3 is 5.97 Å². The molecular weight excluding hydrogens is 306 g/mol. The maximum Gasteiger partial charge on any atom is 0.338 e. The van der Waals surface area contributed by atoms with Crippen molar-refractivity contribution in [1.82, 2.24) is 0 Å². The Morgan fingerprint density at radius 2 is 1.68 bits per heavy atom. The molecular formula is C16H14ClNO4. The van der Waals surface area contributed by atoms with Gasteiger partial charge in [0, 0.05) is 5.02 Å². The van der Waals surface area contributed by atoms with E-state index >= 15 is 0 Å². The van der Waals surface area contributed by atoms with Crippen molar-refractivity contribution in [3.05, 3.63) is 65.2 Å². The zero-order valence-electron chi connectivity index (χ0n) is 11.6. The van der Waals surface area contributed by atoms with Gasteiger partial charge < -0.3 is 15.2 Å². The van der Waals surface area contributed by atoms with Crippen LogP contribution in [-0.2, 0) is 9.53 Å². The minimum absolute atomic E-state index is 0.272. The minimum Gasteiger partial charge on any atom is -0.477 e. The van der Waals surface area contributed by atoms with E-state index < -0.39 is 18.0 Å². The summed E-state index contributed by atoms with van der Waals surface area (Å²) in [6.45, 7) is -0.272. The maximum absolute atomic E-state index is 11.9. The van der Waals surface area contributed by atoms with Crippen molar-refractivity contribution in [2.75, 3.05) is 6.61 Å². The smallest absolute Gasteiger partial charge is 0.338 e. The van der Waals surface area contributed by atoms with Gasteiger partial charge in [0.15, 0.2) is 0 Å². The Bertz CT molecular complexity index is 643.